The van der Waals surface area contributed by atoms with Gasteiger partial charge in [-0.1, -0.05) is 6.08 Å². The van der Waals surface area contributed by atoms with E-state index in [1.54, 1.807) is 6.08 Å². The summed E-state index contributed by atoms with van der Waals surface area (Å²) in [6.07, 6.45) is 11.5. The first-order chi connectivity index (χ1) is 7.79. The van der Waals surface area contributed by atoms with Gasteiger partial charge in [-0.25, -0.2) is 4.39 Å². The highest BCUT2D eigenvalue weighted by Crippen LogP contribution is 2.36. The van der Waals surface area contributed by atoms with E-state index >= 15 is 0 Å². The van der Waals surface area contributed by atoms with Crippen molar-refractivity contribution in [3.8, 4) is 0 Å². The van der Waals surface area contributed by atoms with E-state index in [9.17, 15) is 4.39 Å². The summed E-state index contributed by atoms with van der Waals surface area (Å²) in [6, 6.07) is 0. The van der Waals surface area contributed by atoms with Crippen LogP contribution in [-0.2, 0) is 4.74 Å². The summed E-state index contributed by atoms with van der Waals surface area (Å²) in [5.74, 6) is 1.03. The molecule has 0 N–H and O–H groups in total. The van der Waals surface area contributed by atoms with E-state index in [2.05, 4.69) is 6.92 Å². The van der Waals surface area contributed by atoms with Gasteiger partial charge in [0.1, 0.15) is 5.83 Å². The average molecular weight is 224 g/mol. The second-order valence-corrected chi connectivity index (χ2v) is 4.85. The first-order valence-corrected chi connectivity index (χ1v) is 6.45. The van der Waals surface area contributed by atoms with Gasteiger partial charge in [-0.2, -0.15) is 0 Å². The topological polar surface area (TPSA) is 9.23 Å². The van der Waals surface area contributed by atoms with Gasteiger partial charge in [-0.05, 0) is 63.0 Å². The van der Waals surface area contributed by atoms with Crippen molar-refractivity contribution in [2.75, 3.05) is 6.61 Å². The third-order valence-corrected chi connectivity index (χ3v) is 3.79. The molecule has 90 valence electrons. The third-order valence-electron chi connectivity index (χ3n) is 3.79. The molecule has 1 unspecified atom stereocenters. The molecule has 0 aliphatic heterocycles. The fourth-order valence-corrected chi connectivity index (χ4v) is 2.91. The number of rotatable bonds is 3. The fraction of sp³-hybridized carbons (Fsp3) is 0.714. The van der Waals surface area contributed by atoms with Gasteiger partial charge < -0.3 is 4.74 Å². The molecule has 0 bridgehead atoms. The lowest BCUT2D eigenvalue weighted by Crippen LogP contribution is -2.25. The predicted octanol–water partition coefficient (Wildman–Crippen LogP) is 4.01. The second-order valence-electron chi connectivity index (χ2n) is 4.85. The molecular weight excluding hydrogens is 203 g/mol. The van der Waals surface area contributed by atoms with Gasteiger partial charge >= 0.3 is 0 Å². The minimum Gasteiger partial charge on any atom is -0.379 e. The quantitative estimate of drug-likeness (QED) is 0.703. The lowest BCUT2D eigenvalue weighted by atomic mass is 9.76. The Balaban J connectivity index is 1.83. The molecule has 1 atom stereocenters. The van der Waals surface area contributed by atoms with Crippen molar-refractivity contribution >= 4 is 0 Å². The summed E-state index contributed by atoms with van der Waals surface area (Å²) in [5, 5.41) is 0. The Kier molecular flexibility index (Phi) is 4.16. The maximum Gasteiger partial charge on any atom is 0.119 e. The third kappa shape index (κ3) is 2.94. The van der Waals surface area contributed by atoms with Crippen LogP contribution in [0.15, 0.2) is 24.1 Å². The Hall–Kier alpha value is -0.630. The molecule has 2 heteroatoms. The van der Waals surface area contributed by atoms with Crippen LogP contribution < -0.4 is 0 Å². The molecule has 0 aromatic heterocycles. The number of ether oxygens (including phenoxy) is 1. The molecule has 0 radical (unpaired) electrons. The van der Waals surface area contributed by atoms with Gasteiger partial charge in [0, 0.05) is 6.61 Å². The summed E-state index contributed by atoms with van der Waals surface area (Å²) in [5.41, 5.74) is 0. The molecule has 2 rings (SSSR count). The highest BCUT2D eigenvalue weighted by molar-refractivity contribution is 5.18. The summed E-state index contributed by atoms with van der Waals surface area (Å²) in [4.78, 5) is 0. The van der Waals surface area contributed by atoms with Crippen molar-refractivity contribution in [2.24, 2.45) is 11.8 Å². The number of hydrogen-bond donors (Lipinski definition) is 0. The maximum absolute atomic E-state index is 13.1. The molecule has 0 aromatic carbocycles. The standard InChI is InChI=1S/C14H21FO/c1-2-16-14-8-6-11(7-9-14)12-4-3-5-13(15)10-12/h3,5,10-12,14H,2,4,6-9H2,1H3. The SMILES string of the molecule is CCOC1CCC(C2C=C(F)C=CC2)CC1. The summed E-state index contributed by atoms with van der Waals surface area (Å²) in [6.45, 7) is 2.87. The van der Waals surface area contributed by atoms with E-state index in [4.69, 9.17) is 4.74 Å². The lowest BCUT2D eigenvalue weighted by molar-refractivity contribution is 0.0209. The van der Waals surface area contributed by atoms with E-state index in [0.29, 0.717) is 17.9 Å². The summed E-state index contributed by atoms with van der Waals surface area (Å²) < 4.78 is 18.8. The van der Waals surface area contributed by atoms with Crippen LogP contribution in [0.25, 0.3) is 0 Å². The molecule has 0 amide bonds. The zero-order valence-electron chi connectivity index (χ0n) is 9.99. The van der Waals surface area contributed by atoms with E-state index in [1.165, 1.54) is 12.8 Å². The van der Waals surface area contributed by atoms with Crippen LogP contribution in [0, 0.1) is 11.8 Å². The van der Waals surface area contributed by atoms with Crippen molar-refractivity contribution in [1.82, 2.24) is 0 Å². The Labute approximate surface area is 97.4 Å². The molecular formula is C14H21FO. The Morgan fingerprint density at radius 2 is 2.06 bits per heavy atom. The van der Waals surface area contributed by atoms with Crippen LogP contribution >= 0.6 is 0 Å². The second kappa shape index (κ2) is 5.62. The molecule has 0 spiro atoms. The fourth-order valence-electron chi connectivity index (χ4n) is 2.91. The van der Waals surface area contributed by atoms with Crippen molar-refractivity contribution in [3.63, 3.8) is 0 Å². The van der Waals surface area contributed by atoms with Crippen LogP contribution in [0.4, 0.5) is 4.39 Å². The summed E-state index contributed by atoms with van der Waals surface area (Å²) >= 11 is 0. The first kappa shape index (κ1) is 11.8. The van der Waals surface area contributed by atoms with Gasteiger partial charge in [-0.3, -0.25) is 0 Å². The maximum atomic E-state index is 13.1. The molecule has 0 aromatic rings. The zero-order chi connectivity index (χ0) is 11.4. The van der Waals surface area contributed by atoms with Crippen LogP contribution in [0.3, 0.4) is 0 Å². The number of halogens is 1. The Bertz CT molecular complexity index is 274. The van der Waals surface area contributed by atoms with Gasteiger partial charge in [0.05, 0.1) is 6.10 Å². The molecule has 0 heterocycles. The van der Waals surface area contributed by atoms with Crippen LogP contribution in [-0.4, -0.2) is 12.7 Å². The van der Waals surface area contributed by atoms with E-state index < -0.39 is 0 Å². The monoisotopic (exact) mass is 224 g/mol. The molecule has 2 aliphatic rings. The van der Waals surface area contributed by atoms with Crippen molar-refractivity contribution in [1.29, 1.82) is 0 Å². The molecule has 2 aliphatic carbocycles. The van der Waals surface area contributed by atoms with Gasteiger partial charge in [-0.15, -0.1) is 0 Å². The molecule has 1 saturated carbocycles. The van der Waals surface area contributed by atoms with Crippen molar-refractivity contribution < 1.29 is 9.13 Å². The Morgan fingerprint density at radius 1 is 1.31 bits per heavy atom. The Morgan fingerprint density at radius 3 is 2.69 bits per heavy atom. The largest absolute Gasteiger partial charge is 0.379 e. The lowest BCUT2D eigenvalue weighted by Gasteiger charge is -2.32. The van der Waals surface area contributed by atoms with Crippen LogP contribution in [0.1, 0.15) is 39.0 Å². The predicted molar refractivity (Wildman–Crippen MR) is 63.8 cm³/mol. The number of allylic oxidation sites excluding steroid dienone is 4. The van der Waals surface area contributed by atoms with E-state index in [-0.39, 0.29) is 5.83 Å². The zero-order valence-corrected chi connectivity index (χ0v) is 9.99. The van der Waals surface area contributed by atoms with Crippen LogP contribution in [0.5, 0.6) is 0 Å². The average Bonchev–Trinajstić information content (AvgIpc) is 2.30. The summed E-state index contributed by atoms with van der Waals surface area (Å²) in [7, 11) is 0. The normalized spacial score (nSPS) is 34.9. The smallest absolute Gasteiger partial charge is 0.119 e. The molecule has 1 fully saturated rings. The van der Waals surface area contributed by atoms with Gasteiger partial charge in [0.15, 0.2) is 0 Å². The van der Waals surface area contributed by atoms with Crippen LogP contribution in [0.2, 0.25) is 0 Å². The van der Waals surface area contributed by atoms with Gasteiger partial charge in [0.25, 0.3) is 0 Å². The van der Waals surface area contributed by atoms with Crippen molar-refractivity contribution in [2.45, 2.75) is 45.1 Å². The molecule has 1 nitrogen and oxygen atoms in total. The van der Waals surface area contributed by atoms with Gasteiger partial charge in [0.2, 0.25) is 0 Å². The van der Waals surface area contributed by atoms with Crippen molar-refractivity contribution in [3.05, 3.63) is 24.1 Å². The first-order valence-electron chi connectivity index (χ1n) is 6.45. The minimum absolute atomic E-state index is 0.0526. The highest BCUT2D eigenvalue weighted by Gasteiger charge is 2.27. The molecule has 16 heavy (non-hydrogen) atoms. The number of hydrogen-bond acceptors (Lipinski definition) is 1. The minimum atomic E-state index is -0.0526. The van der Waals surface area contributed by atoms with E-state index in [0.717, 1.165) is 25.9 Å². The highest BCUT2D eigenvalue weighted by atomic mass is 19.1. The van der Waals surface area contributed by atoms with E-state index in [1.807, 2.05) is 12.2 Å². The molecule has 0 saturated heterocycles.